The average molecular weight is 358 g/mol. The Morgan fingerprint density at radius 2 is 2.15 bits per heavy atom. The van der Waals surface area contributed by atoms with E-state index in [0.29, 0.717) is 32.5 Å². The SMILES string of the molecule is CNc1cc(C)nc([C@@H]2CN(C(=O)CCc3c(C)noc3C)CCO2)c1. The number of morpholine rings is 1. The fourth-order valence-corrected chi connectivity index (χ4v) is 3.31. The largest absolute Gasteiger partial charge is 0.388 e. The van der Waals surface area contributed by atoms with Gasteiger partial charge in [0.25, 0.3) is 0 Å². The van der Waals surface area contributed by atoms with Crippen LogP contribution in [0.4, 0.5) is 5.69 Å². The topological polar surface area (TPSA) is 80.5 Å². The minimum atomic E-state index is -0.196. The van der Waals surface area contributed by atoms with Crippen molar-refractivity contribution in [1.29, 1.82) is 0 Å². The third-order valence-electron chi connectivity index (χ3n) is 4.78. The van der Waals surface area contributed by atoms with Gasteiger partial charge in [0.1, 0.15) is 11.9 Å². The van der Waals surface area contributed by atoms with Crippen molar-refractivity contribution in [3.05, 3.63) is 40.5 Å². The Kier molecular flexibility index (Phi) is 5.56. The highest BCUT2D eigenvalue weighted by Gasteiger charge is 2.27. The summed E-state index contributed by atoms with van der Waals surface area (Å²) >= 11 is 0. The fraction of sp³-hybridized carbons (Fsp3) is 0.526. The molecule has 2 aromatic heterocycles. The van der Waals surface area contributed by atoms with Gasteiger partial charge < -0.3 is 19.5 Å². The molecular formula is C19H26N4O3. The van der Waals surface area contributed by atoms with E-state index in [1.54, 1.807) is 0 Å². The molecule has 0 aliphatic carbocycles. The molecule has 26 heavy (non-hydrogen) atoms. The number of anilines is 1. The highest BCUT2D eigenvalue weighted by Crippen LogP contribution is 2.24. The zero-order valence-corrected chi connectivity index (χ0v) is 15.8. The van der Waals surface area contributed by atoms with Crippen molar-refractivity contribution in [1.82, 2.24) is 15.0 Å². The number of carbonyl (C=O) groups is 1. The molecule has 0 saturated carbocycles. The zero-order chi connectivity index (χ0) is 18.7. The average Bonchev–Trinajstić information content (AvgIpc) is 2.97. The molecule has 0 bridgehead atoms. The monoisotopic (exact) mass is 358 g/mol. The third-order valence-corrected chi connectivity index (χ3v) is 4.78. The second-order valence-corrected chi connectivity index (χ2v) is 6.67. The van der Waals surface area contributed by atoms with Crippen LogP contribution in [0.5, 0.6) is 0 Å². The highest BCUT2D eigenvalue weighted by molar-refractivity contribution is 5.76. The lowest BCUT2D eigenvalue weighted by Crippen LogP contribution is -2.42. The van der Waals surface area contributed by atoms with Crippen LogP contribution in [0.25, 0.3) is 0 Å². The molecule has 1 fully saturated rings. The lowest BCUT2D eigenvalue weighted by Gasteiger charge is -2.33. The van der Waals surface area contributed by atoms with Crippen LogP contribution in [0, 0.1) is 20.8 Å². The molecule has 3 rings (SSSR count). The van der Waals surface area contributed by atoms with Crippen LogP contribution in [0.15, 0.2) is 16.7 Å². The maximum atomic E-state index is 12.7. The number of aryl methyl sites for hydroxylation is 3. The van der Waals surface area contributed by atoms with Gasteiger partial charge in [0.15, 0.2) is 0 Å². The van der Waals surface area contributed by atoms with E-state index in [9.17, 15) is 4.79 Å². The van der Waals surface area contributed by atoms with Crippen molar-refractivity contribution in [3.8, 4) is 0 Å². The van der Waals surface area contributed by atoms with E-state index in [2.05, 4.69) is 15.5 Å². The number of nitrogens with zero attached hydrogens (tertiary/aromatic N) is 3. The standard InChI is InChI=1S/C19H26N4O3/c1-12-9-15(20-4)10-17(21-12)18-11-23(7-8-25-18)19(24)6-5-16-13(2)22-26-14(16)3/h9-10,18H,5-8,11H2,1-4H3,(H,20,21)/t18-/m0/s1. The molecule has 1 atom stereocenters. The van der Waals surface area contributed by atoms with E-state index in [1.807, 2.05) is 44.9 Å². The quantitative estimate of drug-likeness (QED) is 0.885. The molecule has 1 aliphatic rings. The molecular weight excluding hydrogens is 332 g/mol. The van der Waals surface area contributed by atoms with E-state index >= 15 is 0 Å². The van der Waals surface area contributed by atoms with Gasteiger partial charge in [-0.3, -0.25) is 9.78 Å². The minimum Gasteiger partial charge on any atom is -0.388 e. The number of amides is 1. The molecule has 7 nitrogen and oxygen atoms in total. The molecule has 0 aromatic carbocycles. The molecule has 3 heterocycles. The summed E-state index contributed by atoms with van der Waals surface area (Å²) in [5.74, 6) is 0.915. The number of carbonyl (C=O) groups excluding carboxylic acids is 1. The van der Waals surface area contributed by atoms with Gasteiger partial charge in [0.2, 0.25) is 5.91 Å². The van der Waals surface area contributed by atoms with E-state index in [1.165, 1.54) is 0 Å². The van der Waals surface area contributed by atoms with Crippen molar-refractivity contribution in [3.63, 3.8) is 0 Å². The van der Waals surface area contributed by atoms with Gasteiger partial charge in [-0.15, -0.1) is 0 Å². The third kappa shape index (κ3) is 4.04. The normalized spacial score (nSPS) is 17.4. The van der Waals surface area contributed by atoms with E-state index in [0.717, 1.165) is 34.1 Å². The van der Waals surface area contributed by atoms with E-state index in [4.69, 9.17) is 9.26 Å². The number of nitrogens with one attached hydrogen (secondary N) is 1. The Hall–Kier alpha value is -2.41. The fourth-order valence-electron chi connectivity index (χ4n) is 3.31. The van der Waals surface area contributed by atoms with Crippen LogP contribution in [0.2, 0.25) is 0 Å². The molecule has 0 unspecified atom stereocenters. The lowest BCUT2D eigenvalue weighted by molar-refractivity contribution is -0.139. The van der Waals surface area contributed by atoms with E-state index in [-0.39, 0.29) is 12.0 Å². The first-order chi connectivity index (χ1) is 12.5. The van der Waals surface area contributed by atoms with Crippen LogP contribution in [-0.4, -0.2) is 47.7 Å². The first kappa shape index (κ1) is 18.4. The van der Waals surface area contributed by atoms with Crippen LogP contribution in [-0.2, 0) is 16.0 Å². The summed E-state index contributed by atoms with van der Waals surface area (Å²) < 4.78 is 11.1. The van der Waals surface area contributed by atoms with Gasteiger partial charge in [0.05, 0.1) is 24.5 Å². The first-order valence-corrected chi connectivity index (χ1v) is 8.95. The Morgan fingerprint density at radius 1 is 1.35 bits per heavy atom. The van der Waals surface area contributed by atoms with Crippen molar-refractivity contribution in [2.24, 2.45) is 0 Å². The van der Waals surface area contributed by atoms with Crippen molar-refractivity contribution in [2.45, 2.75) is 39.7 Å². The molecule has 2 aromatic rings. The van der Waals surface area contributed by atoms with Gasteiger partial charge >= 0.3 is 0 Å². The summed E-state index contributed by atoms with van der Waals surface area (Å²) in [6.07, 6.45) is 0.895. The van der Waals surface area contributed by atoms with Gasteiger partial charge in [-0.1, -0.05) is 5.16 Å². The lowest BCUT2D eigenvalue weighted by atomic mass is 10.1. The van der Waals surface area contributed by atoms with Crippen LogP contribution < -0.4 is 5.32 Å². The van der Waals surface area contributed by atoms with Crippen LogP contribution in [0.3, 0.4) is 0 Å². The van der Waals surface area contributed by atoms with Crippen LogP contribution in [0.1, 0.15) is 40.9 Å². The van der Waals surface area contributed by atoms with Gasteiger partial charge in [-0.05, 0) is 39.3 Å². The Morgan fingerprint density at radius 3 is 2.85 bits per heavy atom. The Balaban J connectivity index is 1.64. The van der Waals surface area contributed by atoms with Crippen LogP contribution >= 0.6 is 0 Å². The maximum Gasteiger partial charge on any atom is 0.223 e. The minimum absolute atomic E-state index is 0.125. The predicted molar refractivity (Wildman–Crippen MR) is 98.1 cm³/mol. The van der Waals surface area contributed by atoms with Gasteiger partial charge in [-0.2, -0.15) is 0 Å². The molecule has 1 saturated heterocycles. The molecule has 7 heteroatoms. The molecule has 1 aliphatic heterocycles. The molecule has 0 spiro atoms. The number of rotatable bonds is 5. The molecule has 0 radical (unpaired) electrons. The Bertz CT molecular complexity index is 768. The smallest absolute Gasteiger partial charge is 0.223 e. The summed E-state index contributed by atoms with van der Waals surface area (Å²) in [4.78, 5) is 19.1. The number of aromatic nitrogens is 2. The number of hydrogen-bond acceptors (Lipinski definition) is 6. The highest BCUT2D eigenvalue weighted by atomic mass is 16.5. The predicted octanol–water partition coefficient (Wildman–Crippen LogP) is 2.57. The molecule has 140 valence electrons. The zero-order valence-electron chi connectivity index (χ0n) is 15.8. The summed E-state index contributed by atoms with van der Waals surface area (Å²) in [5.41, 5.74) is 4.67. The number of pyridine rings is 1. The Labute approximate surface area is 153 Å². The van der Waals surface area contributed by atoms with E-state index < -0.39 is 0 Å². The van der Waals surface area contributed by atoms with Gasteiger partial charge in [-0.25, -0.2) is 0 Å². The first-order valence-electron chi connectivity index (χ1n) is 8.95. The number of hydrogen-bond donors (Lipinski definition) is 1. The summed E-state index contributed by atoms with van der Waals surface area (Å²) in [7, 11) is 1.88. The second kappa shape index (κ2) is 7.86. The van der Waals surface area contributed by atoms with Gasteiger partial charge in [0, 0.05) is 37.0 Å². The van der Waals surface area contributed by atoms with Crippen molar-refractivity contribution >= 4 is 11.6 Å². The summed E-state index contributed by atoms with van der Waals surface area (Å²) in [6, 6.07) is 3.97. The van der Waals surface area contributed by atoms with Crippen molar-refractivity contribution < 1.29 is 14.1 Å². The molecule has 1 amide bonds. The van der Waals surface area contributed by atoms with Crippen molar-refractivity contribution in [2.75, 3.05) is 32.1 Å². The summed E-state index contributed by atoms with van der Waals surface area (Å²) in [6.45, 7) is 7.41. The molecule has 1 N–H and O–H groups in total. The number of ether oxygens (including phenoxy) is 1. The maximum absolute atomic E-state index is 12.7. The summed E-state index contributed by atoms with van der Waals surface area (Å²) in [5, 5.41) is 7.09. The second-order valence-electron chi connectivity index (χ2n) is 6.67.